The van der Waals surface area contributed by atoms with Gasteiger partial charge in [-0.3, -0.25) is 19.5 Å². The van der Waals surface area contributed by atoms with E-state index in [0.717, 1.165) is 4.57 Å². The molecule has 0 bridgehead atoms. The molecule has 3 rings (SSSR count). The van der Waals surface area contributed by atoms with E-state index in [1.54, 1.807) is 24.3 Å². The molecule has 1 aromatic carbocycles. The Kier molecular flexibility index (Phi) is 4.28. The predicted octanol–water partition coefficient (Wildman–Crippen LogP) is 2.72. The molecule has 0 aliphatic carbocycles. The highest BCUT2D eigenvalue weighted by atomic mass is 35.5. The zero-order chi connectivity index (χ0) is 18.1. The zero-order valence-corrected chi connectivity index (χ0v) is 13.7. The first-order valence-electron chi connectivity index (χ1n) is 7.10. The van der Waals surface area contributed by atoms with E-state index >= 15 is 0 Å². The van der Waals surface area contributed by atoms with Crippen molar-refractivity contribution in [3.8, 4) is 11.5 Å². The lowest BCUT2D eigenvalue weighted by Crippen LogP contribution is -2.24. The molecule has 2 heterocycles. The van der Waals surface area contributed by atoms with Gasteiger partial charge in [-0.25, -0.2) is 4.98 Å². The van der Waals surface area contributed by atoms with Gasteiger partial charge in [0.05, 0.1) is 29.0 Å². The van der Waals surface area contributed by atoms with Crippen LogP contribution in [0.1, 0.15) is 5.56 Å². The van der Waals surface area contributed by atoms with E-state index < -0.39 is 21.9 Å². The molecule has 0 aliphatic rings. The van der Waals surface area contributed by atoms with E-state index in [9.17, 15) is 20.0 Å². The highest BCUT2D eigenvalue weighted by molar-refractivity contribution is 6.31. The van der Waals surface area contributed by atoms with Gasteiger partial charge in [0, 0.05) is 6.20 Å². The number of hydrogen-bond acceptors (Lipinski definition) is 6. The fourth-order valence-electron chi connectivity index (χ4n) is 2.50. The lowest BCUT2D eigenvalue weighted by atomic mass is 10.2. The molecule has 0 saturated carbocycles. The van der Waals surface area contributed by atoms with Crippen LogP contribution in [0.4, 0.5) is 5.69 Å². The van der Waals surface area contributed by atoms with Crippen LogP contribution in [-0.2, 0) is 6.54 Å². The number of fused-ring (bicyclic) bond motifs is 1. The summed E-state index contributed by atoms with van der Waals surface area (Å²) in [5, 5.41) is 21.6. The summed E-state index contributed by atoms with van der Waals surface area (Å²) in [5.74, 6) is -0.103. The van der Waals surface area contributed by atoms with E-state index in [-0.39, 0.29) is 22.6 Å². The summed E-state index contributed by atoms with van der Waals surface area (Å²) in [5.41, 5.74) is -1.04. The SMILES string of the molecule is COc1ccc(Cn2c(=O)c([N+](=O)[O-])c(O)c3cc(Cl)cnc32)cc1. The van der Waals surface area contributed by atoms with Crippen molar-refractivity contribution < 1.29 is 14.8 Å². The summed E-state index contributed by atoms with van der Waals surface area (Å²) in [6, 6.07) is 8.21. The van der Waals surface area contributed by atoms with Gasteiger partial charge in [0.25, 0.3) is 0 Å². The second-order valence-corrected chi connectivity index (χ2v) is 5.65. The van der Waals surface area contributed by atoms with Gasteiger partial charge in [-0.15, -0.1) is 0 Å². The van der Waals surface area contributed by atoms with Crippen LogP contribution in [0, 0.1) is 10.1 Å². The Hall–Kier alpha value is -3.13. The fourth-order valence-corrected chi connectivity index (χ4v) is 2.66. The average Bonchev–Trinajstić information content (AvgIpc) is 2.59. The monoisotopic (exact) mass is 361 g/mol. The van der Waals surface area contributed by atoms with Crippen molar-refractivity contribution in [1.29, 1.82) is 0 Å². The number of aromatic hydroxyl groups is 1. The van der Waals surface area contributed by atoms with E-state index in [4.69, 9.17) is 16.3 Å². The van der Waals surface area contributed by atoms with Crippen molar-refractivity contribution >= 4 is 28.3 Å². The number of halogens is 1. The summed E-state index contributed by atoms with van der Waals surface area (Å²) in [6.07, 6.45) is 1.30. The summed E-state index contributed by atoms with van der Waals surface area (Å²) >= 11 is 5.86. The third kappa shape index (κ3) is 2.99. The number of ether oxygens (including phenoxy) is 1. The number of benzene rings is 1. The average molecular weight is 362 g/mol. The van der Waals surface area contributed by atoms with Crippen LogP contribution in [-0.4, -0.2) is 26.7 Å². The Labute approximate surface area is 146 Å². The minimum Gasteiger partial charge on any atom is -0.501 e. The summed E-state index contributed by atoms with van der Waals surface area (Å²) in [7, 11) is 1.53. The molecule has 0 atom stereocenters. The molecule has 9 heteroatoms. The summed E-state index contributed by atoms with van der Waals surface area (Å²) in [4.78, 5) is 26.9. The van der Waals surface area contributed by atoms with Crippen LogP contribution in [0.25, 0.3) is 11.0 Å². The normalized spacial score (nSPS) is 10.8. The first kappa shape index (κ1) is 16.7. The van der Waals surface area contributed by atoms with Gasteiger partial charge < -0.3 is 9.84 Å². The van der Waals surface area contributed by atoms with Crippen LogP contribution in [0.15, 0.2) is 41.3 Å². The van der Waals surface area contributed by atoms with E-state index in [0.29, 0.717) is 11.3 Å². The van der Waals surface area contributed by atoms with E-state index in [2.05, 4.69) is 4.98 Å². The molecule has 0 unspecified atom stereocenters. The van der Waals surface area contributed by atoms with Crippen LogP contribution in [0.2, 0.25) is 5.02 Å². The highest BCUT2D eigenvalue weighted by Gasteiger charge is 2.26. The third-order valence-electron chi connectivity index (χ3n) is 3.70. The standard InChI is InChI=1S/C16H12ClN3O5/c1-25-11-4-2-9(3-5-11)8-19-15-12(6-10(17)7-18-15)14(21)13(16(19)22)20(23)24/h2-7,21H,8H2,1H3. The molecule has 0 radical (unpaired) electrons. The van der Waals surface area contributed by atoms with Crippen molar-refractivity contribution in [3.63, 3.8) is 0 Å². The maximum Gasteiger partial charge on any atom is 0.376 e. The maximum absolute atomic E-state index is 12.5. The Morgan fingerprint density at radius 1 is 1.36 bits per heavy atom. The molecule has 128 valence electrons. The molecule has 0 amide bonds. The number of pyridine rings is 2. The van der Waals surface area contributed by atoms with Gasteiger partial charge in [0.1, 0.15) is 11.4 Å². The van der Waals surface area contributed by atoms with Gasteiger partial charge in [0.15, 0.2) is 0 Å². The van der Waals surface area contributed by atoms with Gasteiger partial charge in [-0.05, 0) is 23.8 Å². The second-order valence-electron chi connectivity index (χ2n) is 5.22. The van der Waals surface area contributed by atoms with Crippen molar-refractivity contribution in [2.75, 3.05) is 7.11 Å². The van der Waals surface area contributed by atoms with Crippen LogP contribution >= 0.6 is 11.6 Å². The van der Waals surface area contributed by atoms with Crippen LogP contribution in [0.3, 0.4) is 0 Å². The number of methoxy groups -OCH3 is 1. The summed E-state index contributed by atoms with van der Waals surface area (Å²) < 4.78 is 6.21. The van der Waals surface area contributed by atoms with Crippen molar-refractivity contribution in [2.24, 2.45) is 0 Å². The minimum absolute atomic E-state index is 0.0345. The summed E-state index contributed by atoms with van der Waals surface area (Å²) in [6.45, 7) is 0.0368. The van der Waals surface area contributed by atoms with Crippen molar-refractivity contribution in [2.45, 2.75) is 6.54 Å². The smallest absolute Gasteiger partial charge is 0.376 e. The molecule has 0 aliphatic heterocycles. The number of nitrogens with zero attached hydrogens (tertiary/aromatic N) is 3. The second kappa shape index (κ2) is 6.40. The molecule has 2 aromatic heterocycles. The quantitative estimate of drug-likeness (QED) is 0.565. The Balaban J connectivity index is 2.25. The number of hydrogen-bond donors (Lipinski definition) is 1. The molecular formula is C16H12ClN3O5. The van der Waals surface area contributed by atoms with Crippen LogP contribution < -0.4 is 10.3 Å². The number of aromatic nitrogens is 2. The Morgan fingerprint density at radius 3 is 2.64 bits per heavy atom. The fraction of sp³-hybridized carbons (Fsp3) is 0.125. The Bertz CT molecular complexity index is 1030. The molecule has 3 aromatic rings. The number of nitro groups is 1. The minimum atomic E-state index is -0.944. The van der Waals surface area contributed by atoms with Crippen LogP contribution in [0.5, 0.6) is 11.5 Å². The largest absolute Gasteiger partial charge is 0.501 e. The van der Waals surface area contributed by atoms with Gasteiger partial charge in [0.2, 0.25) is 5.75 Å². The lowest BCUT2D eigenvalue weighted by molar-refractivity contribution is -0.387. The molecule has 25 heavy (non-hydrogen) atoms. The molecule has 0 saturated heterocycles. The van der Waals surface area contributed by atoms with Gasteiger partial charge in [-0.1, -0.05) is 23.7 Å². The lowest BCUT2D eigenvalue weighted by Gasteiger charge is -2.11. The van der Waals surface area contributed by atoms with E-state index in [1.807, 2.05) is 0 Å². The van der Waals surface area contributed by atoms with Crippen molar-refractivity contribution in [3.05, 3.63) is 67.6 Å². The first-order chi connectivity index (χ1) is 11.9. The third-order valence-corrected chi connectivity index (χ3v) is 3.91. The predicted molar refractivity (Wildman–Crippen MR) is 91.4 cm³/mol. The highest BCUT2D eigenvalue weighted by Crippen LogP contribution is 2.31. The number of rotatable bonds is 4. The molecule has 1 N–H and O–H groups in total. The van der Waals surface area contributed by atoms with Gasteiger partial charge >= 0.3 is 11.2 Å². The Morgan fingerprint density at radius 2 is 2.04 bits per heavy atom. The molecular weight excluding hydrogens is 350 g/mol. The topological polar surface area (TPSA) is 107 Å². The van der Waals surface area contributed by atoms with Gasteiger partial charge in [-0.2, -0.15) is 0 Å². The maximum atomic E-state index is 12.5. The van der Waals surface area contributed by atoms with E-state index in [1.165, 1.54) is 19.4 Å². The first-order valence-corrected chi connectivity index (χ1v) is 7.48. The van der Waals surface area contributed by atoms with Crippen molar-refractivity contribution in [1.82, 2.24) is 9.55 Å². The zero-order valence-electron chi connectivity index (χ0n) is 13.0. The molecule has 8 nitrogen and oxygen atoms in total. The molecule has 0 spiro atoms. The molecule has 0 fully saturated rings.